The zero-order valence-electron chi connectivity index (χ0n) is 15.0. The maximum atomic E-state index is 9.70. The maximum absolute atomic E-state index is 9.70. The maximum Gasteiger partial charge on any atom is 0.117 e. The van der Waals surface area contributed by atoms with Crippen LogP contribution >= 0.6 is 11.9 Å². The number of nitriles is 1. The fourth-order valence-electron chi connectivity index (χ4n) is 2.88. The third-order valence-corrected chi connectivity index (χ3v) is 4.55. The van der Waals surface area contributed by atoms with Crippen LogP contribution < -0.4 is 15.7 Å². The predicted molar refractivity (Wildman–Crippen MR) is 105 cm³/mol. The molecule has 0 saturated heterocycles. The molecule has 0 fully saturated rings. The Labute approximate surface area is 153 Å². The number of hydrogen-bond donors (Lipinski definition) is 1. The van der Waals surface area contributed by atoms with Crippen LogP contribution in [-0.4, -0.2) is 11.7 Å². The molecule has 1 heterocycles. The van der Waals surface area contributed by atoms with E-state index in [9.17, 15) is 5.26 Å². The fourth-order valence-corrected chi connectivity index (χ4v) is 3.17. The van der Waals surface area contributed by atoms with E-state index < -0.39 is 0 Å². The highest BCUT2D eigenvalue weighted by Gasteiger charge is 2.15. The average molecular weight is 353 g/mol. The predicted octanol–water partition coefficient (Wildman–Crippen LogP) is 3.05. The summed E-state index contributed by atoms with van der Waals surface area (Å²) in [4.78, 5) is 0.991. The molecule has 130 valence electrons. The lowest BCUT2D eigenvalue weighted by Gasteiger charge is -2.06. The second kappa shape index (κ2) is 8.61. The minimum Gasteiger partial charge on any atom is -0.497 e. The van der Waals surface area contributed by atoms with Crippen LogP contribution in [0.25, 0.3) is 23.4 Å². The summed E-state index contributed by atoms with van der Waals surface area (Å²) in [6, 6.07) is 10.3. The molecule has 2 aromatic rings. The third kappa shape index (κ3) is 3.65. The second-order valence-electron chi connectivity index (χ2n) is 5.23. The third-order valence-electron chi connectivity index (χ3n) is 4.01. The molecule has 0 spiro atoms. The molecule has 4 nitrogen and oxygen atoms in total. The van der Waals surface area contributed by atoms with Crippen LogP contribution in [0.1, 0.15) is 25.8 Å². The Hall–Kier alpha value is -2.42. The summed E-state index contributed by atoms with van der Waals surface area (Å²) < 4.78 is 7.42. The summed E-state index contributed by atoms with van der Waals surface area (Å²) in [6.45, 7) is 4.00. The van der Waals surface area contributed by atoms with Crippen LogP contribution in [0.2, 0.25) is 0 Å². The highest BCUT2D eigenvalue weighted by Crippen LogP contribution is 2.23. The lowest BCUT2D eigenvalue weighted by molar-refractivity contribution is 0.312. The summed E-state index contributed by atoms with van der Waals surface area (Å²) in [5.41, 5.74) is 2.60. The van der Waals surface area contributed by atoms with Gasteiger partial charge in [-0.3, -0.25) is 5.14 Å². The van der Waals surface area contributed by atoms with E-state index in [0.717, 1.165) is 38.9 Å². The Kier molecular flexibility index (Phi) is 6.51. The van der Waals surface area contributed by atoms with Crippen molar-refractivity contribution in [2.24, 2.45) is 12.2 Å². The molecule has 0 bridgehead atoms. The number of allylic oxidation sites excluding steroid dienone is 2. The van der Waals surface area contributed by atoms with Crippen molar-refractivity contribution in [1.29, 1.82) is 5.26 Å². The van der Waals surface area contributed by atoms with Gasteiger partial charge in [0.2, 0.25) is 0 Å². The first-order chi connectivity index (χ1) is 12.2. The molecule has 0 saturated carbocycles. The van der Waals surface area contributed by atoms with Crippen LogP contribution in [0.5, 0.6) is 0 Å². The van der Waals surface area contributed by atoms with Gasteiger partial charge in [-0.2, -0.15) is 5.26 Å². The van der Waals surface area contributed by atoms with Crippen molar-refractivity contribution in [3.8, 4) is 17.3 Å². The number of benzene rings is 1. The van der Waals surface area contributed by atoms with Gasteiger partial charge >= 0.3 is 0 Å². The quantitative estimate of drug-likeness (QED) is 0.862. The van der Waals surface area contributed by atoms with E-state index in [0.29, 0.717) is 5.56 Å². The van der Waals surface area contributed by atoms with Crippen molar-refractivity contribution in [2.75, 3.05) is 7.11 Å². The smallest absolute Gasteiger partial charge is 0.117 e. The summed E-state index contributed by atoms with van der Waals surface area (Å²) in [5.74, 6) is 0.812. The molecular weight excluding hydrogens is 330 g/mol. The van der Waals surface area contributed by atoms with E-state index in [1.54, 1.807) is 7.11 Å². The highest BCUT2D eigenvalue weighted by atomic mass is 32.2. The van der Waals surface area contributed by atoms with Crippen LogP contribution in [-0.2, 0) is 11.8 Å². The van der Waals surface area contributed by atoms with Gasteiger partial charge in [0.25, 0.3) is 0 Å². The van der Waals surface area contributed by atoms with Gasteiger partial charge in [0.1, 0.15) is 11.8 Å². The van der Waals surface area contributed by atoms with Crippen molar-refractivity contribution in [1.82, 2.24) is 4.57 Å². The van der Waals surface area contributed by atoms with E-state index >= 15 is 0 Å². The van der Waals surface area contributed by atoms with E-state index in [4.69, 9.17) is 9.88 Å². The lowest BCUT2D eigenvalue weighted by Crippen LogP contribution is -2.28. The molecule has 2 N–H and O–H groups in total. The first-order valence-corrected chi connectivity index (χ1v) is 9.09. The Balaban J connectivity index is 0.00000109. The van der Waals surface area contributed by atoms with Gasteiger partial charge in [-0.25, -0.2) is 0 Å². The first-order valence-electron chi connectivity index (χ1n) is 8.21. The number of nitrogens with zero attached hydrogens (tertiary/aromatic N) is 2. The van der Waals surface area contributed by atoms with Gasteiger partial charge in [-0.15, -0.1) is 0 Å². The largest absolute Gasteiger partial charge is 0.497 e. The highest BCUT2D eigenvalue weighted by molar-refractivity contribution is 7.97. The summed E-state index contributed by atoms with van der Waals surface area (Å²) in [5, 5.41) is 17.2. The van der Waals surface area contributed by atoms with Gasteiger partial charge in [-0.1, -0.05) is 32.1 Å². The minimum absolute atomic E-state index is 0.692. The standard InChI is InChI=1S/C18H17N3OS.C2H6/c1-21-17-10-13(22-2)4-3-5-15(17)16(11-19)18(21)12-6-8-14(23-20)9-7-12;1-2/h4-10H,3,20H2,1-2H3;1-2H3. The van der Waals surface area contributed by atoms with Gasteiger partial charge in [0, 0.05) is 23.2 Å². The summed E-state index contributed by atoms with van der Waals surface area (Å²) in [7, 11) is 3.63. The van der Waals surface area contributed by atoms with Gasteiger partial charge in [0.15, 0.2) is 0 Å². The van der Waals surface area contributed by atoms with Crippen LogP contribution in [0.15, 0.2) is 41.0 Å². The Bertz CT molecular complexity index is 931. The Morgan fingerprint density at radius 2 is 1.88 bits per heavy atom. The average Bonchev–Trinajstić information content (AvgIpc) is 2.81. The molecule has 1 aliphatic carbocycles. The molecule has 1 aromatic carbocycles. The Morgan fingerprint density at radius 1 is 1.20 bits per heavy atom. The van der Waals surface area contributed by atoms with Crippen molar-refractivity contribution < 1.29 is 4.74 Å². The monoisotopic (exact) mass is 353 g/mol. The van der Waals surface area contributed by atoms with Gasteiger partial charge in [-0.05, 0) is 42.1 Å². The number of nitrogens with two attached hydrogens (primary N) is 1. The molecule has 1 aliphatic rings. The zero-order chi connectivity index (χ0) is 18.4. The van der Waals surface area contributed by atoms with Crippen LogP contribution in [0, 0.1) is 11.3 Å². The number of aromatic nitrogens is 1. The van der Waals surface area contributed by atoms with Crippen molar-refractivity contribution in [3.63, 3.8) is 0 Å². The van der Waals surface area contributed by atoms with Crippen LogP contribution in [0.3, 0.4) is 0 Å². The molecule has 25 heavy (non-hydrogen) atoms. The number of ether oxygens (including phenoxy) is 1. The number of hydrogen-bond acceptors (Lipinski definition) is 4. The minimum atomic E-state index is 0.692. The normalized spacial score (nSPS) is 12.2. The fraction of sp³-hybridized carbons (Fsp3) is 0.250. The molecule has 0 amide bonds. The van der Waals surface area contributed by atoms with Crippen molar-refractivity contribution in [3.05, 3.63) is 52.2 Å². The van der Waals surface area contributed by atoms with E-state index in [1.165, 1.54) is 11.9 Å². The van der Waals surface area contributed by atoms with E-state index in [-0.39, 0.29) is 0 Å². The molecule has 0 radical (unpaired) electrons. The van der Waals surface area contributed by atoms with E-state index in [1.807, 2.05) is 61.9 Å². The summed E-state index contributed by atoms with van der Waals surface area (Å²) in [6.07, 6.45) is 6.80. The molecular formula is C20H23N3OS. The molecule has 0 aliphatic heterocycles. The molecule has 0 atom stereocenters. The van der Waals surface area contributed by atoms with Crippen molar-refractivity contribution >= 4 is 24.1 Å². The SMILES string of the molecule is CC.COC1=CCC=c2c(C#N)c(-c3ccc(SN)cc3)n(C)c2=C1. The molecule has 0 unspecified atom stereocenters. The van der Waals surface area contributed by atoms with Crippen LogP contribution in [0.4, 0.5) is 0 Å². The summed E-state index contributed by atoms with van der Waals surface area (Å²) >= 11 is 1.21. The topological polar surface area (TPSA) is 64.0 Å². The molecule has 1 aromatic heterocycles. The lowest BCUT2D eigenvalue weighted by atomic mass is 10.1. The molecule has 3 rings (SSSR count). The molecule has 5 heteroatoms. The van der Waals surface area contributed by atoms with Gasteiger partial charge < -0.3 is 9.30 Å². The first kappa shape index (κ1) is 18.9. The zero-order valence-corrected chi connectivity index (χ0v) is 15.9. The number of fused-ring (bicyclic) bond motifs is 1. The van der Waals surface area contributed by atoms with E-state index in [2.05, 4.69) is 12.1 Å². The Morgan fingerprint density at radius 3 is 2.44 bits per heavy atom. The number of rotatable bonds is 3. The van der Waals surface area contributed by atoms with Gasteiger partial charge in [0.05, 0.1) is 23.7 Å². The van der Waals surface area contributed by atoms with Crippen molar-refractivity contribution in [2.45, 2.75) is 25.2 Å². The second-order valence-corrected chi connectivity index (χ2v) is 5.94. The number of methoxy groups -OCH3 is 1.